The number of aromatic carboxylic acids is 1. The highest BCUT2D eigenvalue weighted by molar-refractivity contribution is 5.98. The molecule has 2 unspecified atom stereocenters. The van der Waals surface area contributed by atoms with Crippen molar-refractivity contribution >= 4 is 23.4 Å². The van der Waals surface area contributed by atoms with Crippen LogP contribution in [0, 0.1) is 5.92 Å². The van der Waals surface area contributed by atoms with Crippen molar-refractivity contribution < 1.29 is 32.6 Å². The molecule has 2 aliphatic rings. The summed E-state index contributed by atoms with van der Waals surface area (Å²) in [6, 6.07) is 13.4. The molecule has 11 heteroatoms. The lowest BCUT2D eigenvalue weighted by molar-refractivity contribution is -0.138. The van der Waals surface area contributed by atoms with Crippen LogP contribution in [0.25, 0.3) is 0 Å². The molecule has 1 saturated carbocycles. The third kappa shape index (κ3) is 5.40. The molecule has 5 rings (SSSR count). The van der Waals surface area contributed by atoms with Gasteiger partial charge in [0.05, 0.1) is 17.7 Å². The summed E-state index contributed by atoms with van der Waals surface area (Å²) in [4.78, 5) is 32.5. The number of anilines is 1. The van der Waals surface area contributed by atoms with Crippen LogP contribution in [0.1, 0.15) is 39.5 Å². The minimum Gasteiger partial charge on any atom is -0.478 e. The minimum absolute atomic E-state index is 0.111. The van der Waals surface area contributed by atoms with E-state index >= 15 is 0 Å². The molecule has 0 radical (unpaired) electrons. The number of aromatic nitrogens is 1. The predicted molar refractivity (Wildman–Crippen MR) is 128 cm³/mol. The zero-order valence-electron chi connectivity index (χ0n) is 19.2. The second kappa shape index (κ2) is 9.57. The maximum absolute atomic E-state index is 13.3. The zero-order valence-corrected chi connectivity index (χ0v) is 19.2. The lowest BCUT2D eigenvalue weighted by Gasteiger charge is -2.13. The first-order valence-electron chi connectivity index (χ1n) is 11.5. The number of amidine groups is 1. The Hall–Kier alpha value is -4.41. The average molecular weight is 510 g/mol. The number of nitrogens with zero attached hydrogens (tertiary/aromatic N) is 2. The Labute approximate surface area is 209 Å². The van der Waals surface area contributed by atoms with Gasteiger partial charge in [-0.3, -0.25) is 14.8 Å². The molecule has 1 aliphatic carbocycles. The number of alkyl halides is 3. The number of ether oxygens (including phenoxy) is 1. The topological polar surface area (TPSA) is 113 Å². The molecule has 0 bridgehead atoms. The van der Waals surface area contributed by atoms with Crippen LogP contribution in [0.15, 0.2) is 65.8 Å². The standard InChI is InChI=1S/C26H21F3N4O4/c27-26(28,29)21-11-15(4-5-18(21)25(35)36)33-24(34)20-13-19(20)14-2-1-3-16(10-14)37-17-6-7-30-22(12-17)23-31-8-9-32-23/h1-7,10-12,19-20H,8-9,13H2,(H,31,32)(H,33,34)(H,35,36). The Morgan fingerprint density at radius 1 is 1.08 bits per heavy atom. The van der Waals surface area contributed by atoms with Gasteiger partial charge >= 0.3 is 12.1 Å². The number of hydrogen-bond acceptors (Lipinski definition) is 6. The smallest absolute Gasteiger partial charge is 0.417 e. The highest BCUT2D eigenvalue weighted by Crippen LogP contribution is 2.49. The molecule has 1 aliphatic heterocycles. The lowest BCUT2D eigenvalue weighted by atomic mass is 10.1. The van der Waals surface area contributed by atoms with Crippen molar-refractivity contribution in [2.24, 2.45) is 10.9 Å². The number of pyridine rings is 1. The Morgan fingerprint density at radius 2 is 1.89 bits per heavy atom. The van der Waals surface area contributed by atoms with E-state index in [1.165, 1.54) is 0 Å². The van der Waals surface area contributed by atoms with E-state index in [-0.39, 0.29) is 11.6 Å². The second-order valence-corrected chi connectivity index (χ2v) is 8.71. The SMILES string of the molecule is O=C(O)c1ccc(NC(=O)C2CC2c2cccc(Oc3ccnc(C4=NCCN4)c3)c2)cc1C(F)(F)F. The van der Waals surface area contributed by atoms with Crippen LogP contribution in [-0.4, -0.2) is 40.9 Å². The summed E-state index contributed by atoms with van der Waals surface area (Å²) in [6.45, 7) is 1.45. The molecule has 37 heavy (non-hydrogen) atoms. The van der Waals surface area contributed by atoms with Crippen molar-refractivity contribution in [2.75, 3.05) is 18.4 Å². The number of rotatable bonds is 7. The van der Waals surface area contributed by atoms with Crippen molar-refractivity contribution in [1.82, 2.24) is 10.3 Å². The van der Waals surface area contributed by atoms with Gasteiger partial charge in [0.25, 0.3) is 0 Å². The van der Waals surface area contributed by atoms with Gasteiger partial charge in [-0.25, -0.2) is 4.79 Å². The Morgan fingerprint density at radius 3 is 2.62 bits per heavy atom. The maximum Gasteiger partial charge on any atom is 0.417 e. The van der Waals surface area contributed by atoms with E-state index in [1.807, 2.05) is 18.2 Å². The molecule has 0 spiro atoms. The molecular weight excluding hydrogens is 489 g/mol. The molecular formula is C26H21F3N4O4. The number of halogens is 3. The molecule has 1 amide bonds. The van der Waals surface area contributed by atoms with Gasteiger partial charge in [0, 0.05) is 30.4 Å². The summed E-state index contributed by atoms with van der Waals surface area (Å²) in [7, 11) is 0. The number of carboxylic acids is 1. The number of carboxylic acid groups (broad SMARTS) is 1. The quantitative estimate of drug-likeness (QED) is 0.425. The predicted octanol–water partition coefficient (Wildman–Crippen LogP) is 4.68. The maximum atomic E-state index is 13.3. The van der Waals surface area contributed by atoms with E-state index in [4.69, 9.17) is 9.84 Å². The third-order valence-electron chi connectivity index (χ3n) is 6.12. The van der Waals surface area contributed by atoms with Crippen LogP contribution < -0.4 is 15.4 Å². The first kappa shape index (κ1) is 24.3. The number of aliphatic imine (C=N–C) groups is 1. The summed E-state index contributed by atoms with van der Waals surface area (Å²) in [5, 5.41) is 14.7. The third-order valence-corrected chi connectivity index (χ3v) is 6.12. The van der Waals surface area contributed by atoms with Crippen molar-refractivity contribution in [3.8, 4) is 11.5 Å². The number of carbonyl (C=O) groups excluding carboxylic acids is 1. The van der Waals surface area contributed by atoms with E-state index in [0.717, 1.165) is 24.2 Å². The van der Waals surface area contributed by atoms with Gasteiger partial charge in [0.2, 0.25) is 5.91 Å². The molecule has 1 aromatic heterocycles. The van der Waals surface area contributed by atoms with Gasteiger partial charge < -0.3 is 20.5 Å². The molecule has 2 heterocycles. The normalized spacial score (nSPS) is 18.5. The molecule has 190 valence electrons. The van der Waals surface area contributed by atoms with Gasteiger partial charge in [0.1, 0.15) is 23.0 Å². The minimum atomic E-state index is -4.87. The van der Waals surface area contributed by atoms with Crippen LogP contribution >= 0.6 is 0 Å². The molecule has 2 aromatic carbocycles. The van der Waals surface area contributed by atoms with E-state index < -0.39 is 35.1 Å². The molecule has 0 saturated heterocycles. The summed E-state index contributed by atoms with van der Waals surface area (Å²) in [5.74, 6) is -0.810. The van der Waals surface area contributed by atoms with Crippen molar-refractivity contribution in [3.63, 3.8) is 0 Å². The van der Waals surface area contributed by atoms with E-state index in [0.29, 0.717) is 42.1 Å². The van der Waals surface area contributed by atoms with Gasteiger partial charge in [-0.2, -0.15) is 13.2 Å². The number of benzene rings is 2. The molecule has 8 nitrogen and oxygen atoms in total. The van der Waals surface area contributed by atoms with E-state index in [1.54, 1.807) is 24.4 Å². The summed E-state index contributed by atoms with van der Waals surface area (Å²) in [5.41, 5.74) is -0.758. The van der Waals surface area contributed by atoms with Gasteiger partial charge in [0.15, 0.2) is 0 Å². The number of amides is 1. The van der Waals surface area contributed by atoms with Gasteiger partial charge in [-0.15, -0.1) is 0 Å². The largest absolute Gasteiger partial charge is 0.478 e. The fourth-order valence-corrected chi connectivity index (χ4v) is 4.25. The van der Waals surface area contributed by atoms with Crippen molar-refractivity contribution in [1.29, 1.82) is 0 Å². The summed E-state index contributed by atoms with van der Waals surface area (Å²) < 4.78 is 45.8. The molecule has 3 aromatic rings. The zero-order chi connectivity index (χ0) is 26.2. The Bertz CT molecular complexity index is 1410. The van der Waals surface area contributed by atoms with Crippen LogP contribution in [0.3, 0.4) is 0 Å². The fraction of sp³-hybridized carbons (Fsp3) is 0.231. The van der Waals surface area contributed by atoms with Crippen molar-refractivity contribution in [3.05, 3.63) is 83.2 Å². The van der Waals surface area contributed by atoms with Gasteiger partial charge in [-0.05, 0) is 54.3 Å². The van der Waals surface area contributed by atoms with Crippen LogP contribution in [0.2, 0.25) is 0 Å². The highest BCUT2D eigenvalue weighted by atomic mass is 19.4. The van der Waals surface area contributed by atoms with Crippen LogP contribution in [-0.2, 0) is 11.0 Å². The fourth-order valence-electron chi connectivity index (χ4n) is 4.25. The van der Waals surface area contributed by atoms with Gasteiger partial charge in [-0.1, -0.05) is 12.1 Å². The number of nitrogens with one attached hydrogen (secondary N) is 2. The number of hydrogen-bond donors (Lipinski definition) is 3. The van der Waals surface area contributed by atoms with Crippen LogP contribution in [0.4, 0.5) is 18.9 Å². The number of carbonyl (C=O) groups is 2. The second-order valence-electron chi connectivity index (χ2n) is 8.71. The molecule has 1 fully saturated rings. The Balaban J connectivity index is 1.25. The van der Waals surface area contributed by atoms with Crippen LogP contribution in [0.5, 0.6) is 11.5 Å². The summed E-state index contributed by atoms with van der Waals surface area (Å²) in [6.07, 6.45) is -2.71. The molecule has 2 atom stereocenters. The first-order chi connectivity index (χ1) is 17.7. The first-order valence-corrected chi connectivity index (χ1v) is 11.5. The van der Waals surface area contributed by atoms with Crippen molar-refractivity contribution in [2.45, 2.75) is 18.5 Å². The highest BCUT2D eigenvalue weighted by Gasteiger charge is 2.44. The monoisotopic (exact) mass is 510 g/mol. The van der Waals surface area contributed by atoms with E-state index in [2.05, 4.69) is 20.6 Å². The lowest BCUT2D eigenvalue weighted by Crippen LogP contribution is -2.20. The molecule has 3 N–H and O–H groups in total. The average Bonchev–Trinajstić information content (AvgIpc) is 3.48. The summed E-state index contributed by atoms with van der Waals surface area (Å²) >= 11 is 0. The van der Waals surface area contributed by atoms with E-state index in [9.17, 15) is 22.8 Å². The Kier molecular flexibility index (Phi) is 6.28.